The van der Waals surface area contributed by atoms with Gasteiger partial charge in [-0.25, -0.2) is 9.59 Å². The van der Waals surface area contributed by atoms with Gasteiger partial charge >= 0.3 is 11.9 Å². The van der Waals surface area contributed by atoms with E-state index < -0.39 is 78.6 Å². The molecular formula is C33H43N7O9. The molecule has 1 fully saturated rings. The van der Waals surface area contributed by atoms with Crippen molar-refractivity contribution in [2.45, 2.75) is 69.4 Å². The molecule has 264 valence electrons. The summed E-state index contributed by atoms with van der Waals surface area (Å²) in [5.41, 5.74) is 14.6. The second-order valence-electron chi connectivity index (χ2n) is 11.4. The number of ether oxygens (including phenoxy) is 2. The van der Waals surface area contributed by atoms with E-state index in [1.54, 1.807) is 30.3 Å². The van der Waals surface area contributed by atoms with Crippen LogP contribution in [0.15, 0.2) is 48.5 Å². The van der Waals surface area contributed by atoms with E-state index >= 15 is 0 Å². The summed E-state index contributed by atoms with van der Waals surface area (Å²) in [6.45, 7) is 0.116. The smallest absolute Gasteiger partial charge is 0.328 e. The van der Waals surface area contributed by atoms with Crippen LogP contribution in [0.25, 0.3) is 0 Å². The van der Waals surface area contributed by atoms with Crippen LogP contribution in [-0.2, 0) is 69.0 Å². The highest BCUT2D eigenvalue weighted by molar-refractivity contribution is 5.99. The lowest BCUT2D eigenvalue weighted by molar-refractivity contribution is -0.145. The van der Waals surface area contributed by atoms with Crippen molar-refractivity contribution in [3.63, 3.8) is 0 Å². The molecule has 1 heterocycles. The van der Waals surface area contributed by atoms with Gasteiger partial charge in [0.2, 0.25) is 29.5 Å². The van der Waals surface area contributed by atoms with Crippen LogP contribution in [0.1, 0.15) is 41.5 Å². The predicted molar refractivity (Wildman–Crippen MR) is 175 cm³/mol. The summed E-state index contributed by atoms with van der Waals surface area (Å²) in [7, 11) is 2.39. The number of carbonyl (C=O) groups excluding carboxylic acids is 7. The van der Waals surface area contributed by atoms with E-state index in [4.69, 9.17) is 20.9 Å². The number of hydrogen-bond acceptors (Lipinski definition) is 11. The molecule has 2 aromatic rings. The van der Waals surface area contributed by atoms with Gasteiger partial charge in [0.15, 0.2) is 0 Å². The molecule has 0 radical (unpaired) electrons. The third kappa shape index (κ3) is 12.0. The summed E-state index contributed by atoms with van der Waals surface area (Å²) >= 11 is 0. The summed E-state index contributed by atoms with van der Waals surface area (Å²) in [6, 6.07) is 10.2. The number of carbonyl (C=O) groups is 7. The van der Waals surface area contributed by atoms with Crippen LogP contribution < -0.4 is 38.1 Å². The molecule has 0 spiro atoms. The maximum Gasteiger partial charge on any atom is 0.328 e. The molecule has 49 heavy (non-hydrogen) atoms. The Morgan fingerprint density at radius 1 is 0.714 bits per heavy atom. The van der Waals surface area contributed by atoms with Crippen molar-refractivity contribution in [2.75, 3.05) is 20.8 Å². The summed E-state index contributed by atoms with van der Waals surface area (Å²) in [4.78, 5) is 87.8. The Kier molecular flexibility index (Phi) is 14.7. The van der Waals surface area contributed by atoms with Gasteiger partial charge in [0.05, 0.1) is 27.2 Å². The van der Waals surface area contributed by atoms with Gasteiger partial charge in [0.25, 0.3) is 0 Å². The number of nitrogens with one attached hydrogen (secondary N) is 5. The average Bonchev–Trinajstić information content (AvgIpc) is 3.10. The fourth-order valence-corrected chi connectivity index (χ4v) is 5.16. The second-order valence-corrected chi connectivity index (χ2v) is 11.4. The highest BCUT2D eigenvalue weighted by Crippen LogP contribution is 2.11. The van der Waals surface area contributed by atoms with Gasteiger partial charge in [0, 0.05) is 32.4 Å². The van der Waals surface area contributed by atoms with E-state index in [9.17, 15) is 33.6 Å². The Morgan fingerprint density at radius 3 is 1.69 bits per heavy atom. The number of methoxy groups -OCH3 is 2. The van der Waals surface area contributed by atoms with Crippen molar-refractivity contribution in [1.29, 1.82) is 0 Å². The lowest BCUT2D eigenvalue weighted by Gasteiger charge is -2.29. The molecule has 4 atom stereocenters. The van der Waals surface area contributed by atoms with E-state index in [2.05, 4.69) is 26.6 Å². The number of amides is 5. The van der Waals surface area contributed by atoms with Crippen molar-refractivity contribution in [3.8, 4) is 0 Å². The summed E-state index contributed by atoms with van der Waals surface area (Å²) in [5, 5.41) is 12.5. The molecule has 0 saturated carbocycles. The molecule has 2 unspecified atom stereocenters. The number of esters is 2. The van der Waals surface area contributed by atoms with Crippen molar-refractivity contribution < 1.29 is 43.0 Å². The Bertz CT molecular complexity index is 1530. The van der Waals surface area contributed by atoms with Crippen LogP contribution in [0, 0.1) is 0 Å². The molecule has 1 aliphatic rings. The zero-order valence-corrected chi connectivity index (χ0v) is 27.4. The molecule has 0 aliphatic carbocycles. The monoisotopic (exact) mass is 681 g/mol. The van der Waals surface area contributed by atoms with Crippen LogP contribution in [0.4, 0.5) is 0 Å². The molecule has 16 heteroatoms. The third-order valence-electron chi connectivity index (χ3n) is 7.74. The van der Waals surface area contributed by atoms with E-state index in [-0.39, 0.29) is 25.7 Å². The lowest BCUT2D eigenvalue weighted by Crippen LogP contribution is -2.62. The molecule has 5 amide bonds. The van der Waals surface area contributed by atoms with Crippen molar-refractivity contribution in [1.82, 2.24) is 26.6 Å². The molecule has 3 rings (SSSR count). The van der Waals surface area contributed by atoms with Crippen molar-refractivity contribution in [3.05, 3.63) is 70.8 Å². The molecule has 2 aromatic carbocycles. The summed E-state index contributed by atoms with van der Waals surface area (Å²) < 4.78 is 9.62. The minimum atomic E-state index is -1.22. The zero-order valence-electron chi connectivity index (χ0n) is 27.4. The highest BCUT2D eigenvalue weighted by Gasteiger charge is 2.35. The Morgan fingerprint density at radius 2 is 1.18 bits per heavy atom. The van der Waals surface area contributed by atoms with Gasteiger partial charge in [-0.05, 0) is 28.7 Å². The topological polar surface area (TPSA) is 250 Å². The number of piperazine rings is 1. The Labute approximate surface area is 283 Å². The summed E-state index contributed by atoms with van der Waals surface area (Å²) in [6.07, 6.45) is -0.436. The van der Waals surface area contributed by atoms with Gasteiger partial charge in [0.1, 0.15) is 24.2 Å². The quantitative estimate of drug-likeness (QED) is 0.0897. The van der Waals surface area contributed by atoms with Crippen molar-refractivity contribution in [2.24, 2.45) is 11.5 Å². The largest absolute Gasteiger partial charge is 0.467 e. The van der Waals surface area contributed by atoms with Gasteiger partial charge < -0.3 is 47.5 Å². The minimum Gasteiger partial charge on any atom is -0.467 e. The normalized spacial score (nSPS) is 16.7. The van der Waals surface area contributed by atoms with Gasteiger partial charge in [-0.15, -0.1) is 0 Å². The molecule has 0 bridgehead atoms. The van der Waals surface area contributed by atoms with Crippen LogP contribution in [0.2, 0.25) is 0 Å². The predicted octanol–water partition coefficient (Wildman–Crippen LogP) is -2.03. The number of hydrogen-bond donors (Lipinski definition) is 7. The van der Waals surface area contributed by atoms with Crippen LogP contribution >= 0.6 is 0 Å². The minimum absolute atomic E-state index is 0.0725. The SMILES string of the molecule is COC(=O)C(Cc1cccc(CN)c1)NC(=O)CC[C@@H]1NC(=O)[C@@H](CC(=O)NCC(=O)NC(Cc2cccc(CN)c2)C(=O)OC)NC1=O. The van der Waals surface area contributed by atoms with Gasteiger partial charge in [-0.1, -0.05) is 48.5 Å². The van der Waals surface area contributed by atoms with E-state index in [0.29, 0.717) is 13.1 Å². The first-order valence-electron chi connectivity index (χ1n) is 15.6. The van der Waals surface area contributed by atoms with Gasteiger partial charge in [-0.3, -0.25) is 24.0 Å². The van der Waals surface area contributed by atoms with E-state index in [1.165, 1.54) is 14.2 Å². The zero-order chi connectivity index (χ0) is 35.9. The highest BCUT2D eigenvalue weighted by atomic mass is 16.5. The first-order valence-corrected chi connectivity index (χ1v) is 15.6. The lowest BCUT2D eigenvalue weighted by atomic mass is 10.0. The fourth-order valence-electron chi connectivity index (χ4n) is 5.16. The van der Waals surface area contributed by atoms with Crippen molar-refractivity contribution >= 4 is 41.5 Å². The standard InChI is InChI=1S/C33H43N7O9/c1-48-32(46)25(13-19-5-3-7-21(11-19)16-34)37-27(41)10-9-23-30(44)40-24(31(45)39-23)15-28(42)36-18-29(43)38-26(33(47)49-2)14-20-6-4-8-22(12-20)17-35/h3-8,11-12,23-26H,9-10,13-18,34-35H2,1-2H3,(H,36,42)(H,37,41)(H,38,43)(H,39,45)(H,40,44)/t23-,24+,25?,26?/m0/s1. The molecule has 0 aromatic heterocycles. The molecule has 16 nitrogen and oxygen atoms in total. The molecule has 1 aliphatic heterocycles. The van der Waals surface area contributed by atoms with E-state index in [0.717, 1.165) is 22.3 Å². The van der Waals surface area contributed by atoms with Crippen LogP contribution in [0.5, 0.6) is 0 Å². The van der Waals surface area contributed by atoms with Gasteiger partial charge in [-0.2, -0.15) is 0 Å². The summed E-state index contributed by atoms with van der Waals surface area (Å²) in [5.74, 6) is -4.50. The second kappa shape index (κ2) is 18.8. The maximum absolute atomic E-state index is 12.7. The number of nitrogens with two attached hydrogens (primary N) is 2. The van der Waals surface area contributed by atoms with E-state index in [1.807, 2.05) is 18.2 Å². The first kappa shape index (κ1) is 38.1. The average molecular weight is 682 g/mol. The van der Waals surface area contributed by atoms with Crippen LogP contribution in [-0.4, -0.2) is 86.4 Å². The Hall–Kier alpha value is -5.35. The Balaban J connectivity index is 1.45. The van der Waals surface area contributed by atoms with Crippen LogP contribution in [0.3, 0.4) is 0 Å². The number of benzene rings is 2. The molecule has 9 N–H and O–H groups in total. The molecular weight excluding hydrogens is 638 g/mol. The maximum atomic E-state index is 12.7. The first-order chi connectivity index (χ1) is 23.5. The number of rotatable bonds is 17. The fraction of sp³-hybridized carbons (Fsp3) is 0.424. The molecule has 1 saturated heterocycles. The third-order valence-corrected chi connectivity index (χ3v) is 7.74.